The van der Waals surface area contributed by atoms with Gasteiger partial charge in [-0.25, -0.2) is 12.8 Å². The molecule has 1 aromatic carbocycles. The Morgan fingerprint density at radius 1 is 1.40 bits per heavy atom. The van der Waals surface area contributed by atoms with E-state index < -0.39 is 15.7 Å². The van der Waals surface area contributed by atoms with Gasteiger partial charge in [-0.05, 0) is 18.6 Å². The van der Waals surface area contributed by atoms with Gasteiger partial charge in [-0.15, -0.1) is 0 Å². The standard InChI is InChI=1S/C10H13FO3S/c1-8-4-3-5-9(10(8)11)14-6-7-15(2,12)13/h3-5H,6-7H2,1-2H3. The zero-order valence-corrected chi connectivity index (χ0v) is 9.47. The Morgan fingerprint density at radius 3 is 2.67 bits per heavy atom. The molecule has 0 radical (unpaired) electrons. The summed E-state index contributed by atoms with van der Waals surface area (Å²) in [5.41, 5.74) is 0.479. The van der Waals surface area contributed by atoms with Crippen molar-refractivity contribution in [3.05, 3.63) is 29.6 Å². The van der Waals surface area contributed by atoms with E-state index in [1.54, 1.807) is 19.1 Å². The maximum Gasteiger partial charge on any atom is 0.167 e. The summed E-state index contributed by atoms with van der Waals surface area (Å²) in [6.07, 6.45) is 1.11. The highest BCUT2D eigenvalue weighted by molar-refractivity contribution is 7.90. The van der Waals surface area contributed by atoms with Gasteiger partial charge in [-0.3, -0.25) is 0 Å². The molecule has 1 aromatic rings. The van der Waals surface area contributed by atoms with Crippen molar-refractivity contribution in [3.63, 3.8) is 0 Å². The van der Waals surface area contributed by atoms with Gasteiger partial charge in [0.15, 0.2) is 21.4 Å². The van der Waals surface area contributed by atoms with Crippen molar-refractivity contribution in [2.45, 2.75) is 6.92 Å². The minimum Gasteiger partial charge on any atom is -0.489 e. The number of benzene rings is 1. The summed E-state index contributed by atoms with van der Waals surface area (Å²) in [5.74, 6) is -0.454. The molecule has 0 fully saturated rings. The Hall–Kier alpha value is -1.10. The third-order valence-electron chi connectivity index (χ3n) is 1.87. The van der Waals surface area contributed by atoms with E-state index in [-0.39, 0.29) is 18.1 Å². The molecule has 0 aromatic heterocycles. The summed E-state index contributed by atoms with van der Waals surface area (Å²) in [7, 11) is -3.06. The number of halogens is 1. The minimum atomic E-state index is -3.06. The average molecular weight is 232 g/mol. The lowest BCUT2D eigenvalue weighted by Crippen LogP contribution is -2.12. The zero-order valence-electron chi connectivity index (χ0n) is 8.66. The topological polar surface area (TPSA) is 43.4 Å². The third kappa shape index (κ3) is 3.87. The van der Waals surface area contributed by atoms with E-state index in [0.29, 0.717) is 5.56 Å². The van der Waals surface area contributed by atoms with Crippen LogP contribution in [0.2, 0.25) is 0 Å². The quantitative estimate of drug-likeness (QED) is 0.791. The van der Waals surface area contributed by atoms with Crippen molar-refractivity contribution in [1.82, 2.24) is 0 Å². The smallest absolute Gasteiger partial charge is 0.167 e. The molecule has 1 rings (SSSR count). The van der Waals surface area contributed by atoms with Crippen molar-refractivity contribution < 1.29 is 17.5 Å². The fourth-order valence-electron chi connectivity index (χ4n) is 1.03. The Kier molecular flexibility index (Phi) is 3.68. The second-order valence-corrected chi connectivity index (χ2v) is 5.63. The molecule has 0 saturated heterocycles. The number of ether oxygens (including phenoxy) is 1. The second kappa shape index (κ2) is 4.61. The van der Waals surface area contributed by atoms with Crippen LogP contribution in [0.4, 0.5) is 4.39 Å². The fraction of sp³-hybridized carbons (Fsp3) is 0.400. The molecule has 0 unspecified atom stereocenters. The van der Waals surface area contributed by atoms with Crippen LogP contribution in [-0.2, 0) is 9.84 Å². The van der Waals surface area contributed by atoms with Crippen LogP contribution in [-0.4, -0.2) is 27.0 Å². The second-order valence-electron chi connectivity index (χ2n) is 3.37. The molecule has 0 spiro atoms. The molecule has 84 valence electrons. The van der Waals surface area contributed by atoms with E-state index in [0.717, 1.165) is 6.26 Å². The maximum atomic E-state index is 13.3. The molecule has 0 atom stereocenters. The Morgan fingerprint density at radius 2 is 2.07 bits per heavy atom. The van der Waals surface area contributed by atoms with E-state index in [2.05, 4.69) is 0 Å². The predicted octanol–water partition coefficient (Wildman–Crippen LogP) is 1.56. The van der Waals surface area contributed by atoms with Gasteiger partial charge in [-0.2, -0.15) is 0 Å². The van der Waals surface area contributed by atoms with E-state index in [1.165, 1.54) is 6.07 Å². The van der Waals surface area contributed by atoms with E-state index in [1.807, 2.05) is 0 Å². The average Bonchev–Trinajstić information content (AvgIpc) is 2.10. The summed E-state index contributed by atoms with van der Waals surface area (Å²) in [6, 6.07) is 4.76. The highest BCUT2D eigenvalue weighted by Crippen LogP contribution is 2.19. The van der Waals surface area contributed by atoms with Crippen molar-refractivity contribution in [3.8, 4) is 5.75 Å². The fourth-order valence-corrected chi connectivity index (χ4v) is 1.42. The van der Waals surface area contributed by atoms with E-state index >= 15 is 0 Å². The van der Waals surface area contributed by atoms with E-state index in [9.17, 15) is 12.8 Å². The normalized spacial score (nSPS) is 11.4. The monoisotopic (exact) mass is 232 g/mol. The van der Waals surface area contributed by atoms with Gasteiger partial charge < -0.3 is 4.74 Å². The molecule has 3 nitrogen and oxygen atoms in total. The minimum absolute atomic E-state index is 0.0286. The summed E-state index contributed by atoms with van der Waals surface area (Å²) >= 11 is 0. The van der Waals surface area contributed by atoms with Crippen LogP contribution >= 0.6 is 0 Å². The number of hydrogen-bond donors (Lipinski definition) is 0. The third-order valence-corrected chi connectivity index (χ3v) is 2.78. The van der Waals surface area contributed by atoms with Crippen LogP contribution in [0.5, 0.6) is 5.75 Å². The van der Waals surface area contributed by atoms with Gasteiger partial charge in [0, 0.05) is 6.26 Å². The van der Waals surface area contributed by atoms with Gasteiger partial charge >= 0.3 is 0 Å². The Bertz CT molecular complexity index is 440. The molecule has 0 aliphatic rings. The largest absolute Gasteiger partial charge is 0.489 e. The lowest BCUT2D eigenvalue weighted by Gasteiger charge is -2.07. The van der Waals surface area contributed by atoms with Crippen LogP contribution in [0, 0.1) is 12.7 Å². The van der Waals surface area contributed by atoms with Gasteiger partial charge in [-0.1, -0.05) is 12.1 Å². The highest BCUT2D eigenvalue weighted by atomic mass is 32.2. The highest BCUT2D eigenvalue weighted by Gasteiger charge is 2.07. The summed E-state index contributed by atoms with van der Waals surface area (Å²) in [4.78, 5) is 0. The molecular weight excluding hydrogens is 219 g/mol. The summed E-state index contributed by atoms with van der Waals surface area (Å²) in [6.45, 7) is 1.60. The first-order valence-electron chi connectivity index (χ1n) is 4.46. The number of sulfone groups is 1. The zero-order chi connectivity index (χ0) is 11.5. The van der Waals surface area contributed by atoms with Crippen molar-refractivity contribution in [1.29, 1.82) is 0 Å². The first-order chi connectivity index (χ1) is 6.90. The van der Waals surface area contributed by atoms with Gasteiger partial charge in [0.2, 0.25) is 0 Å². The van der Waals surface area contributed by atoms with E-state index in [4.69, 9.17) is 4.74 Å². The van der Waals surface area contributed by atoms with Crippen molar-refractivity contribution in [2.75, 3.05) is 18.6 Å². The molecule has 0 bridgehead atoms. The first-order valence-corrected chi connectivity index (χ1v) is 6.52. The molecule has 0 heterocycles. The van der Waals surface area contributed by atoms with Crippen molar-refractivity contribution >= 4 is 9.84 Å². The first kappa shape index (κ1) is 12.0. The molecular formula is C10H13FO3S. The molecule has 0 saturated carbocycles. The van der Waals surface area contributed by atoms with Crippen LogP contribution < -0.4 is 4.74 Å². The number of hydrogen-bond acceptors (Lipinski definition) is 3. The number of aryl methyl sites for hydroxylation is 1. The molecule has 5 heteroatoms. The maximum absolute atomic E-state index is 13.3. The van der Waals surface area contributed by atoms with Gasteiger partial charge in [0.1, 0.15) is 6.61 Å². The number of rotatable bonds is 4. The van der Waals surface area contributed by atoms with Crippen LogP contribution in [0.25, 0.3) is 0 Å². The van der Waals surface area contributed by atoms with Gasteiger partial charge in [0.25, 0.3) is 0 Å². The van der Waals surface area contributed by atoms with Crippen LogP contribution in [0.1, 0.15) is 5.56 Å². The lowest BCUT2D eigenvalue weighted by atomic mass is 10.2. The Labute approximate surface area is 88.8 Å². The van der Waals surface area contributed by atoms with Crippen LogP contribution in [0.15, 0.2) is 18.2 Å². The molecule has 0 aliphatic heterocycles. The summed E-state index contributed by atoms with van der Waals surface area (Å²) in [5, 5.41) is 0. The molecule has 0 amide bonds. The molecule has 0 N–H and O–H groups in total. The van der Waals surface area contributed by atoms with Crippen molar-refractivity contribution in [2.24, 2.45) is 0 Å². The Balaban J connectivity index is 2.62. The predicted molar refractivity (Wildman–Crippen MR) is 56.3 cm³/mol. The molecule has 0 aliphatic carbocycles. The molecule has 15 heavy (non-hydrogen) atoms. The summed E-state index contributed by atoms with van der Waals surface area (Å²) < 4.78 is 40.0. The lowest BCUT2D eigenvalue weighted by molar-refractivity contribution is 0.321. The van der Waals surface area contributed by atoms with Crippen LogP contribution in [0.3, 0.4) is 0 Å². The SMILES string of the molecule is Cc1cccc(OCCS(C)(=O)=O)c1F. The van der Waals surface area contributed by atoms with Gasteiger partial charge in [0.05, 0.1) is 5.75 Å².